The second kappa shape index (κ2) is 6.50. The SMILES string of the molecule is C[C@H](CCO)NC(=O)c1nn(-c2ccccc2F)c2c1CCC2. The first kappa shape index (κ1) is 15.7. The summed E-state index contributed by atoms with van der Waals surface area (Å²) in [5.74, 6) is -0.621. The standard InChI is InChI=1S/C17H20FN3O2/c1-11(9-10-22)19-17(23)16-12-5-4-8-14(12)21(20-16)15-7-3-2-6-13(15)18/h2-3,6-7,11,22H,4-5,8-10H2,1H3,(H,19,23)/t11-/m1/s1. The Hall–Kier alpha value is -2.21. The highest BCUT2D eigenvalue weighted by Gasteiger charge is 2.28. The van der Waals surface area contributed by atoms with Crippen LogP contribution in [-0.4, -0.2) is 33.4 Å². The number of aliphatic hydroxyl groups excluding tert-OH is 1. The van der Waals surface area contributed by atoms with Gasteiger partial charge in [0, 0.05) is 23.9 Å². The molecule has 0 radical (unpaired) electrons. The number of aliphatic hydroxyl groups is 1. The third kappa shape index (κ3) is 2.99. The third-order valence-corrected chi connectivity index (χ3v) is 4.17. The molecule has 23 heavy (non-hydrogen) atoms. The Morgan fingerprint density at radius 3 is 2.96 bits per heavy atom. The first-order valence-electron chi connectivity index (χ1n) is 7.89. The Kier molecular flexibility index (Phi) is 4.43. The van der Waals surface area contributed by atoms with Crippen LogP contribution in [0.1, 0.15) is 41.5 Å². The number of halogens is 1. The van der Waals surface area contributed by atoms with Gasteiger partial charge in [-0.25, -0.2) is 9.07 Å². The Morgan fingerprint density at radius 1 is 1.43 bits per heavy atom. The summed E-state index contributed by atoms with van der Waals surface area (Å²) in [4.78, 5) is 12.5. The molecule has 122 valence electrons. The fraction of sp³-hybridized carbons (Fsp3) is 0.412. The lowest BCUT2D eigenvalue weighted by molar-refractivity contribution is 0.0928. The molecule has 1 aromatic carbocycles. The van der Waals surface area contributed by atoms with Crippen LogP contribution < -0.4 is 5.32 Å². The van der Waals surface area contributed by atoms with Gasteiger partial charge < -0.3 is 10.4 Å². The van der Waals surface area contributed by atoms with Crippen LogP contribution in [-0.2, 0) is 12.8 Å². The molecule has 1 aromatic heterocycles. The molecule has 0 bridgehead atoms. The number of nitrogens with one attached hydrogen (secondary N) is 1. The molecule has 6 heteroatoms. The van der Waals surface area contributed by atoms with Crippen molar-refractivity contribution in [1.82, 2.24) is 15.1 Å². The molecule has 0 fully saturated rings. The quantitative estimate of drug-likeness (QED) is 0.886. The first-order valence-corrected chi connectivity index (χ1v) is 7.89. The van der Waals surface area contributed by atoms with Gasteiger partial charge in [-0.15, -0.1) is 0 Å². The maximum Gasteiger partial charge on any atom is 0.272 e. The molecule has 0 saturated carbocycles. The van der Waals surface area contributed by atoms with Crippen LogP contribution in [0.4, 0.5) is 4.39 Å². The van der Waals surface area contributed by atoms with E-state index in [-0.39, 0.29) is 24.4 Å². The summed E-state index contributed by atoms with van der Waals surface area (Å²) in [5, 5.41) is 16.2. The van der Waals surface area contributed by atoms with Crippen LogP contribution in [0.25, 0.3) is 5.69 Å². The van der Waals surface area contributed by atoms with Crippen molar-refractivity contribution < 1.29 is 14.3 Å². The monoisotopic (exact) mass is 317 g/mol. The number of amides is 1. The van der Waals surface area contributed by atoms with Crippen molar-refractivity contribution in [2.75, 3.05) is 6.61 Å². The number of para-hydroxylation sites is 1. The van der Waals surface area contributed by atoms with Crippen LogP contribution in [0.5, 0.6) is 0 Å². The maximum atomic E-state index is 14.1. The molecule has 2 aromatic rings. The van der Waals surface area contributed by atoms with Crippen LogP contribution in [0, 0.1) is 5.82 Å². The van der Waals surface area contributed by atoms with E-state index in [9.17, 15) is 9.18 Å². The number of hydrogen-bond acceptors (Lipinski definition) is 3. The minimum absolute atomic E-state index is 0.0171. The number of benzene rings is 1. The molecule has 1 heterocycles. The average molecular weight is 317 g/mol. The highest BCUT2D eigenvalue weighted by Crippen LogP contribution is 2.28. The Labute approximate surface area is 134 Å². The molecule has 0 unspecified atom stereocenters. The normalized spacial score (nSPS) is 14.6. The van der Waals surface area contributed by atoms with Gasteiger partial charge in [-0.3, -0.25) is 4.79 Å². The van der Waals surface area contributed by atoms with Crippen LogP contribution in [0.3, 0.4) is 0 Å². The molecule has 3 rings (SSSR count). The molecule has 0 spiro atoms. The lowest BCUT2D eigenvalue weighted by atomic mass is 10.1. The second-order valence-corrected chi connectivity index (χ2v) is 5.88. The fourth-order valence-corrected chi connectivity index (χ4v) is 3.00. The van der Waals surface area contributed by atoms with E-state index in [4.69, 9.17) is 5.11 Å². The van der Waals surface area contributed by atoms with E-state index in [1.54, 1.807) is 22.9 Å². The zero-order chi connectivity index (χ0) is 16.4. The summed E-state index contributed by atoms with van der Waals surface area (Å²) in [5.41, 5.74) is 2.55. The van der Waals surface area contributed by atoms with Gasteiger partial charge >= 0.3 is 0 Å². The fourth-order valence-electron chi connectivity index (χ4n) is 3.00. The molecule has 5 nitrogen and oxygen atoms in total. The molecular weight excluding hydrogens is 297 g/mol. The minimum Gasteiger partial charge on any atom is -0.396 e. The Morgan fingerprint density at radius 2 is 2.22 bits per heavy atom. The number of fused-ring (bicyclic) bond motifs is 1. The van der Waals surface area contributed by atoms with Gasteiger partial charge in [0.15, 0.2) is 5.69 Å². The van der Waals surface area contributed by atoms with Crippen molar-refractivity contribution in [3.63, 3.8) is 0 Å². The van der Waals surface area contributed by atoms with E-state index in [1.807, 2.05) is 6.92 Å². The number of hydrogen-bond donors (Lipinski definition) is 2. The largest absolute Gasteiger partial charge is 0.396 e. The van der Waals surface area contributed by atoms with Gasteiger partial charge in [-0.05, 0) is 44.7 Å². The van der Waals surface area contributed by atoms with Crippen molar-refractivity contribution in [3.05, 3.63) is 47.0 Å². The molecule has 1 aliphatic rings. The van der Waals surface area contributed by atoms with Gasteiger partial charge in [0.05, 0.1) is 0 Å². The molecule has 1 atom stereocenters. The lowest BCUT2D eigenvalue weighted by Crippen LogP contribution is -2.34. The van der Waals surface area contributed by atoms with Crippen LogP contribution in [0.15, 0.2) is 24.3 Å². The summed E-state index contributed by atoms with van der Waals surface area (Å²) in [6, 6.07) is 6.30. The molecule has 2 N–H and O–H groups in total. The second-order valence-electron chi connectivity index (χ2n) is 5.88. The van der Waals surface area contributed by atoms with Crippen molar-refractivity contribution in [2.45, 2.75) is 38.6 Å². The van der Waals surface area contributed by atoms with Crippen molar-refractivity contribution in [1.29, 1.82) is 0 Å². The topological polar surface area (TPSA) is 67.2 Å². The van der Waals surface area contributed by atoms with E-state index in [1.165, 1.54) is 6.07 Å². The predicted octanol–water partition coefficient (Wildman–Crippen LogP) is 2.00. The molecule has 1 amide bonds. The third-order valence-electron chi connectivity index (χ3n) is 4.17. The highest BCUT2D eigenvalue weighted by atomic mass is 19.1. The summed E-state index contributed by atoms with van der Waals surface area (Å²) >= 11 is 0. The molecule has 0 aliphatic heterocycles. The van der Waals surface area contributed by atoms with Gasteiger partial charge in [0.1, 0.15) is 11.5 Å². The van der Waals surface area contributed by atoms with E-state index < -0.39 is 0 Å². The van der Waals surface area contributed by atoms with E-state index in [0.717, 1.165) is 30.5 Å². The Balaban J connectivity index is 1.96. The van der Waals surface area contributed by atoms with Crippen molar-refractivity contribution in [3.8, 4) is 5.69 Å². The van der Waals surface area contributed by atoms with E-state index in [0.29, 0.717) is 17.8 Å². The van der Waals surface area contributed by atoms with Gasteiger partial charge in [0.25, 0.3) is 5.91 Å². The van der Waals surface area contributed by atoms with Crippen LogP contribution >= 0.6 is 0 Å². The molecule has 1 aliphatic carbocycles. The maximum absolute atomic E-state index is 14.1. The van der Waals surface area contributed by atoms with E-state index in [2.05, 4.69) is 10.4 Å². The van der Waals surface area contributed by atoms with Gasteiger partial charge in [0.2, 0.25) is 0 Å². The predicted molar refractivity (Wildman–Crippen MR) is 84.2 cm³/mol. The van der Waals surface area contributed by atoms with E-state index >= 15 is 0 Å². The van der Waals surface area contributed by atoms with Gasteiger partial charge in [-0.1, -0.05) is 12.1 Å². The van der Waals surface area contributed by atoms with Crippen LogP contribution in [0.2, 0.25) is 0 Å². The number of carbonyl (C=O) groups excluding carboxylic acids is 1. The number of aromatic nitrogens is 2. The first-order chi connectivity index (χ1) is 11.1. The van der Waals surface area contributed by atoms with Crippen molar-refractivity contribution in [2.24, 2.45) is 0 Å². The summed E-state index contributed by atoms with van der Waals surface area (Å²) in [6.45, 7) is 1.85. The zero-order valence-electron chi connectivity index (χ0n) is 13.1. The number of rotatable bonds is 5. The molecular formula is C17H20FN3O2. The number of nitrogens with zero attached hydrogens (tertiary/aromatic N) is 2. The minimum atomic E-state index is -0.356. The smallest absolute Gasteiger partial charge is 0.272 e. The summed E-state index contributed by atoms with van der Waals surface area (Å²) < 4.78 is 15.6. The van der Waals surface area contributed by atoms with Gasteiger partial charge in [-0.2, -0.15) is 5.10 Å². The lowest BCUT2D eigenvalue weighted by Gasteiger charge is -2.11. The van der Waals surface area contributed by atoms with Crippen molar-refractivity contribution >= 4 is 5.91 Å². The molecule has 0 saturated heterocycles. The Bertz CT molecular complexity index is 727. The zero-order valence-corrected chi connectivity index (χ0v) is 13.1. The average Bonchev–Trinajstić information content (AvgIpc) is 3.10. The number of carbonyl (C=O) groups is 1. The summed E-state index contributed by atoms with van der Waals surface area (Å²) in [6.07, 6.45) is 2.99. The summed E-state index contributed by atoms with van der Waals surface area (Å²) in [7, 11) is 0. The highest BCUT2D eigenvalue weighted by molar-refractivity contribution is 5.94.